The molecule has 0 fully saturated rings. The van der Waals surface area contributed by atoms with Crippen LogP contribution in [0.3, 0.4) is 0 Å². The third-order valence-electron chi connectivity index (χ3n) is 3.52. The minimum atomic E-state index is 0.465. The van der Waals surface area contributed by atoms with Crippen LogP contribution in [0.25, 0.3) is 0 Å². The van der Waals surface area contributed by atoms with Crippen molar-refractivity contribution in [2.75, 3.05) is 19.7 Å². The largest absolute Gasteiger partial charge is 0.493 e. The highest BCUT2D eigenvalue weighted by molar-refractivity contribution is 5.84. The molecule has 0 saturated carbocycles. The molecular formula is C14H18N2O. The fourth-order valence-electron chi connectivity index (χ4n) is 2.61. The SMILES string of the molecule is CC(CC1=NCCN1)c1cccc2c1OCC2. The predicted molar refractivity (Wildman–Crippen MR) is 69.0 cm³/mol. The van der Waals surface area contributed by atoms with Crippen molar-refractivity contribution in [3.05, 3.63) is 29.3 Å². The summed E-state index contributed by atoms with van der Waals surface area (Å²) in [4.78, 5) is 4.46. The van der Waals surface area contributed by atoms with Gasteiger partial charge >= 0.3 is 0 Å². The second-order valence-electron chi connectivity index (χ2n) is 4.79. The van der Waals surface area contributed by atoms with E-state index in [1.165, 1.54) is 11.1 Å². The second-order valence-corrected chi connectivity index (χ2v) is 4.79. The van der Waals surface area contributed by atoms with Gasteiger partial charge in [0.25, 0.3) is 0 Å². The first kappa shape index (κ1) is 10.6. The molecule has 1 aromatic rings. The van der Waals surface area contributed by atoms with Gasteiger partial charge in [0.15, 0.2) is 0 Å². The number of hydrogen-bond donors (Lipinski definition) is 1. The van der Waals surface area contributed by atoms with E-state index in [1.807, 2.05) is 0 Å². The quantitative estimate of drug-likeness (QED) is 0.863. The van der Waals surface area contributed by atoms with Crippen LogP contribution in [0.2, 0.25) is 0 Å². The summed E-state index contributed by atoms with van der Waals surface area (Å²) in [6.45, 7) is 5.00. The Morgan fingerprint density at radius 3 is 3.24 bits per heavy atom. The molecule has 1 N–H and O–H groups in total. The van der Waals surface area contributed by atoms with E-state index in [1.54, 1.807) is 0 Å². The maximum Gasteiger partial charge on any atom is 0.126 e. The molecule has 2 heterocycles. The number of nitrogens with one attached hydrogen (secondary N) is 1. The fourth-order valence-corrected chi connectivity index (χ4v) is 2.61. The van der Waals surface area contributed by atoms with Crippen molar-refractivity contribution in [3.8, 4) is 5.75 Å². The molecule has 90 valence electrons. The van der Waals surface area contributed by atoms with Crippen LogP contribution < -0.4 is 10.1 Å². The molecule has 0 spiro atoms. The molecule has 1 unspecified atom stereocenters. The van der Waals surface area contributed by atoms with Crippen molar-refractivity contribution in [3.63, 3.8) is 0 Å². The van der Waals surface area contributed by atoms with E-state index in [0.29, 0.717) is 5.92 Å². The Kier molecular flexibility index (Phi) is 2.75. The molecule has 17 heavy (non-hydrogen) atoms. The Bertz CT molecular complexity index is 454. The summed E-state index contributed by atoms with van der Waals surface area (Å²) in [5, 5.41) is 3.33. The van der Waals surface area contributed by atoms with Gasteiger partial charge in [-0.3, -0.25) is 4.99 Å². The molecule has 0 radical (unpaired) electrons. The zero-order valence-electron chi connectivity index (χ0n) is 10.2. The van der Waals surface area contributed by atoms with Crippen LogP contribution in [0.4, 0.5) is 0 Å². The van der Waals surface area contributed by atoms with Gasteiger partial charge in [0.1, 0.15) is 5.75 Å². The van der Waals surface area contributed by atoms with E-state index in [2.05, 4.69) is 35.4 Å². The number of nitrogens with zero attached hydrogens (tertiary/aromatic N) is 1. The summed E-state index contributed by atoms with van der Waals surface area (Å²) in [5.41, 5.74) is 2.69. The smallest absolute Gasteiger partial charge is 0.126 e. The van der Waals surface area contributed by atoms with Crippen molar-refractivity contribution in [2.45, 2.75) is 25.7 Å². The second kappa shape index (κ2) is 4.40. The first-order valence-corrected chi connectivity index (χ1v) is 6.36. The molecule has 0 amide bonds. The maximum atomic E-state index is 5.75. The van der Waals surface area contributed by atoms with Crippen LogP contribution in [-0.2, 0) is 6.42 Å². The lowest BCUT2D eigenvalue weighted by molar-refractivity contribution is 0.352. The number of aliphatic imine (C=N–C) groups is 1. The van der Waals surface area contributed by atoms with Gasteiger partial charge in [-0.1, -0.05) is 25.1 Å². The number of hydrogen-bond acceptors (Lipinski definition) is 3. The summed E-state index contributed by atoms with van der Waals surface area (Å²) in [6.07, 6.45) is 2.04. The number of amidine groups is 1. The van der Waals surface area contributed by atoms with E-state index in [9.17, 15) is 0 Å². The fraction of sp³-hybridized carbons (Fsp3) is 0.500. The van der Waals surface area contributed by atoms with E-state index in [-0.39, 0.29) is 0 Å². The number of rotatable bonds is 3. The van der Waals surface area contributed by atoms with Crippen molar-refractivity contribution in [1.29, 1.82) is 0 Å². The maximum absolute atomic E-state index is 5.75. The third kappa shape index (κ3) is 2.02. The van der Waals surface area contributed by atoms with E-state index in [0.717, 1.165) is 44.1 Å². The molecular weight excluding hydrogens is 212 g/mol. The number of para-hydroxylation sites is 1. The zero-order chi connectivity index (χ0) is 11.7. The summed E-state index contributed by atoms with van der Waals surface area (Å²) in [6, 6.07) is 6.50. The summed E-state index contributed by atoms with van der Waals surface area (Å²) >= 11 is 0. The van der Waals surface area contributed by atoms with Crippen LogP contribution in [0.15, 0.2) is 23.2 Å². The molecule has 0 bridgehead atoms. The summed E-state index contributed by atoms with van der Waals surface area (Å²) in [7, 11) is 0. The lowest BCUT2D eigenvalue weighted by Gasteiger charge is -2.15. The molecule has 1 aromatic carbocycles. The van der Waals surface area contributed by atoms with Crippen molar-refractivity contribution >= 4 is 5.84 Å². The Balaban J connectivity index is 1.81. The van der Waals surface area contributed by atoms with E-state index >= 15 is 0 Å². The Morgan fingerprint density at radius 2 is 2.41 bits per heavy atom. The van der Waals surface area contributed by atoms with Crippen LogP contribution in [0, 0.1) is 0 Å². The van der Waals surface area contributed by atoms with Crippen LogP contribution >= 0.6 is 0 Å². The van der Waals surface area contributed by atoms with Gasteiger partial charge in [-0.05, 0) is 17.0 Å². The Labute approximate surface area is 102 Å². The average molecular weight is 230 g/mol. The zero-order valence-corrected chi connectivity index (χ0v) is 10.2. The van der Waals surface area contributed by atoms with Gasteiger partial charge in [0, 0.05) is 19.4 Å². The molecule has 2 aliphatic rings. The highest BCUT2D eigenvalue weighted by Gasteiger charge is 2.21. The van der Waals surface area contributed by atoms with Crippen molar-refractivity contribution in [1.82, 2.24) is 5.32 Å². The molecule has 0 aromatic heterocycles. The Morgan fingerprint density at radius 1 is 1.47 bits per heavy atom. The summed E-state index contributed by atoms with van der Waals surface area (Å²) < 4.78 is 5.75. The highest BCUT2D eigenvalue weighted by Crippen LogP contribution is 2.35. The highest BCUT2D eigenvalue weighted by atomic mass is 16.5. The van der Waals surface area contributed by atoms with E-state index < -0.39 is 0 Å². The lowest BCUT2D eigenvalue weighted by Crippen LogP contribution is -2.20. The van der Waals surface area contributed by atoms with Gasteiger partial charge in [-0.2, -0.15) is 0 Å². The van der Waals surface area contributed by atoms with Crippen molar-refractivity contribution in [2.24, 2.45) is 4.99 Å². The number of fused-ring (bicyclic) bond motifs is 1. The van der Waals surface area contributed by atoms with Gasteiger partial charge in [-0.15, -0.1) is 0 Å². The first-order valence-electron chi connectivity index (χ1n) is 6.36. The van der Waals surface area contributed by atoms with Gasteiger partial charge in [0.05, 0.1) is 19.0 Å². The standard InChI is InChI=1S/C14H18N2O/c1-10(9-13-15-6-7-16-13)12-4-2-3-11-5-8-17-14(11)12/h2-4,10H,5-9H2,1H3,(H,15,16). The van der Waals surface area contributed by atoms with Gasteiger partial charge < -0.3 is 10.1 Å². The lowest BCUT2D eigenvalue weighted by atomic mass is 9.94. The van der Waals surface area contributed by atoms with Gasteiger partial charge in [-0.25, -0.2) is 0 Å². The van der Waals surface area contributed by atoms with Crippen LogP contribution in [-0.4, -0.2) is 25.5 Å². The molecule has 0 aliphatic carbocycles. The normalized spacial score (nSPS) is 19.2. The Hall–Kier alpha value is -1.51. The van der Waals surface area contributed by atoms with E-state index in [4.69, 9.17) is 4.74 Å². The predicted octanol–water partition coefficient (Wildman–Crippen LogP) is 2.12. The monoisotopic (exact) mass is 230 g/mol. The minimum absolute atomic E-state index is 0.465. The minimum Gasteiger partial charge on any atom is -0.493 e. The molecule has 1 atom stereocenters. The van der Waals surface area contributed by atoms with Crippen molar-refractivity contribution < 1.29 is 4.74 Å². The molecule has 3 nitrogen and oxygen atoms in total. The number of benzene rings is 1. The summed E-state index contributed by atoms with van der Waals surface area (Å²) in [5.74, 6) is 2.74. The van der Waals surface area contributed by atoms with Crippen LogP contribution in [0.1, 0.15) is 30.4 Å². The third-order valence-corrected chi connectivity index (χ3v) is 3.52. The molecule has 3 heteroatoms. The first-order chi connectivity index (χ1) is 8.34. The molecule has 3 rings (SSSR count). The average Bonchev–Trinajstić information content (AvgIpc) is 2.97. The number of ether oxygens (including phenoxy) is 1. The molecule has 2 aliphatic heterocycles. The van der Waals surface area contributed by atoms with Gasteiger partial charge in [0.2, 0.25) is 0 Å². The van der Waals surface area contributed by atoms with Crippen LogP contribution in [0.5, 0.6) is 5.75 Å². The topological polar surface area (TPSA) is 33.6 Å². The molecule has 0 saturated heterocycles.